The number of ether oxygens (including phenoxy) is 8. The molecule has 2 saturated heterocycles. The lowest BCUT2D eigenvalue weighted by Gasteiger charge is -2.45. The second-order valence-corrected chi connectivity index (χ2v) is 9.23. The largest absolute Gasteiger partial charge is 0.457 e. The quantitative estimate of drug-likeness (QED) is 0.277. The summed E-state index contributed by atoms with van der Waals surface area (Å²) >= 11 is 0. The number of benzene rings is 1. The van der Waals surface area contributed by atoms with E-state index in [9.17, 15) is 29.4 Å². The van der Waals surface area contributed by atoms with E-state index < -0.39 is 79.2 Å². The second kappa shape index (κ2) is 14.5. The van der Waals surface area contributed by atoms with Gasteiger partial charge in [0, 0.05) is 27.7 Å². The van der Waals surface area contributed by atoms with Gasteiger partial charge in [0.2, 0.25) is 0 Å². The summed E-state index contributed by atoms with van der Waals surface area (Å²) in [5.41, 5.74) is 0.854. The van der Waals surface area contributed by atoms with Crippen molar-refractivity contribution < 1.29 is 67.3 Å². The molecular weight excluding hydrogens is 536 g/mol. The first kappa shape index (κ1) is 31.4. The minimum Gasteiger partial charge on any atom is -0.457 e. The van der Waals surface area contributed by atoms with Crippen LogP contribution in [0.15, 0.2) is 30.3 Å². The van der Waals surface area contributed by atoms with Crippen LogP contribution in [0, 0.1) is 0 Å². The lowest BCUT2D eigenvalue weighted by atomic mass is 9.98. The third kappa shape index (κ3) is 8.68. The summed E-state index contributed by atoms with van der Waals surface area (Å²) in [7, 11) is 0. The van der Waals surface area contributed by atoms with E-state index in [0.29, 0.717) is 0 Å². The fraction of sp³-hybridized carbons (Fsp3) is 0.615. The van der Waals surface area contributed by atoms with E-state index in [-0.39, 0.29) is 19.8 Å². The molecule has 40 heavy (non-hydrogen) atoms. The van der Waals surface area contributed by atoms with Crippen molar-refractivity contribution in [1.29, 1.82) is 0 Å². The molecule has 9 atom stereocenters. The highest BCUT2D eigenvalue weighted by Gasteiger charge is 2.53. The smallest absolute Gasteiger partial charge is 0.303 e. The van der Waals surface area contributed by atoms with Gasteiger partial charge >= 0.3 is 23.9 Å². The van der Waals surface area contributed by atoms with E-state index >= 15 is 0 Å². The average molecular weight is 571 g/mol. The van der Waals surface area contributed by atoms with Gasteiger partial charge in [-0.2, -0.15) is 0 Å². The van der Waals surface area contributed by atoms with E-state index in [1.54, 1.807) is 0 Å². The van der Waals surface area contributed by atoms with Crippen LogP contribution in [0.25, 0.3) is 0 Å². The van der Waals surface area contributed by atoms with Crippen molar-refractivity contribution in [3.05, 3.63) is 35.9 Å². The third-order valence-electron chi connectivity index (χ3n) is 5.93. The Kier molecular flexibility index (Phi) is 11.4. The summed E-state index contributed by atoms with van der Waals surface area (Å²) in [6.07, 6.45) is -12.7. The molecule has 1 aromatic carbocycles. The Labute approximate surface area is 230 Å². The molecule has 0 unspecified atom stereocenters. The lowest BCUT2D eigenvalue weighted by molar-refractivity contribution is -0.343. The number of esters is 4. The molecule has 1 aromatic rings. The Bertz CT molecular complexity index is 1020. The number of carbonyl (C=O) groups excluding carboxylic acids is 4. The van der Waals surface area contributed by atoms with Gasteiger partial charge in [0.05, 0.1) is 19.8 Å². The Morgan fingerprint density at radius 3 is 1.95 bits per heavy atom. The van der Waals surface area contributed by atoms with Gasteiger partial charge in [0.15, 0.2) is 37.0 Å². The molecule has 0 radical (unpaired) electrons. The van der Waals surface area contributed by atoms with Crippen LogP contribution in [0.2, 0.25) is 0 Å². The topological polar surface area (TPSA) is 183 Å². The summed E-state index contributed by atoms with van der Waals surface area (Å²) in [5, 5.41) is 21.4. The van der Waals surface area contributed by atoms with Gasteiger partial charge in [0.1, 0.15) is 18.3 Å². The van der Waals surface area contributed by atoms with Crippen LogP contribution < -0.4 is 0 Å². The number of carbonyl (C=O) groups is 4. The van der Waals surface area contributed by atoms with Crippen LogP contribution in [-0.4, -0.2) is 103 Å². The summed E-state index contributed by atoms with van der Waals surface area (Å²) in [5.74, 6) is -3.08. The Morgan fingerprint density at radius 2 is 1.35 bits per heavy atom. The number of hydrogen-bond acceptors (Lipinski definition) is 14. The van der Waals surface area contributed by atoms with E-state index in [1.807, 2.05) is 30.3 Å². The molecule has 0 saturated carbocycles. The number of aliphatic hydroxyl groups excluding tert-OH is 2. The third-order valence-corrected chi connectivity index (χ3v) is 5.93. The van der Waals surface area contributed by atoms with Gasteiger partial charge in [-0.1, -0.05) is 30.3 Å². The predicted octanol–water partition coefficient (Wildman–Crippen LogP) is -0.250. The van der Waals surface area contributed by atoms with Crippen LogP contribution in [0.4, 0.5) is 0 Å². The first-order valence-electron chi connectivity index (χ1n) is 12.6. The first-order chi connectivity index (χ1) is 19.0. The maximum Gasteiger partial charge on any atom is 0.303 e. The van der Waals surface area contributed by atoms with E-state index in [4.69, 9.17) is 37.9 Å². The number of aliphatic hydroxyl groups is 2. The molecule has 14 nitrogen and oxygen atoms in total. The van der Waals surface area contributed by atoms with Crippen molar-refractivity contribution in [3.8, 4) is 0 Å². The minimum atomic E-state index is -1.64. The highest BCUT2D eigenvalue weighted by atomic mass is 16.7. The molecule has 2 N–H and O–H groups in total. The molecule has 0 aromatic heterocycles. The molecule has 14 heteroatoms. The fourth-order valence-corrected chi connectivity index (χ4v) is 4.36. The number of hydrogen-bond donors (Lipinski definition) is 2. The van der Waals surface area contributed by atoms with Crippen LogP contribution >= 0.6 is 0 Å². The Morgan fingerprint density at radius 1 is 0.800 bits per heavy atom. The highest BCUT2D eigenvalue weighted by Crippen LogP contribution is 2.31. The van der Waals surface area contributed by atoms with Gasteiger partial charge in [-0.05, 0) is 5.56 Å². The molecule has 2 fully saturated rings. The van der Waals surface area contributed by atoms with Crippen molar-refractivity contribution >= 4 is 23.9 Å². The van der Waals surface area contributed by atoms with Gasteiger partial charge in [-0.3, -0.25) is 19.2 Å². The summed E-state index contributed by atoms with van der Waals surface area (Å²) < 4.78 is 43.9. The molecule has 2 aliphatic heterocycles. The van der Waals surface area contributed by atoms with Gasteiger partial charge < -0.3 is 48.1 Å². The zero-order valence-electron chi connectivity index (χ0n) is 22.5. The second-order valence-electron chi connectivity index (χ2n) is 9.23. The van der Waals surface area contributed by atoms with Crippen molar-refractivity contribution in [2.45, 2.75) is 89.6 Å². The fourth-order valence-electron chi connectivity index (χ4n) is 4.36. The van der Waals surface area contributed by atoms with Crippen molar-refractivity contribution in [1.82, 2.24) is 0 Å². The molecule has 3 rings (SSSR count). The highest BCUT2D eigenvalue weighted by molar-refractivity contribution is 5.68. The SMILES string of the molecule is CC(=O)O[C@@H]1[C@@H](O[C@@H]2CO[C@@H](O)[C@H](OC(C)=O)[C@H]2OC(C)=O)O[C@H](COCc2ccccc2)[C@@H](OC(C)=O)[C@@H]1O. The normalized spacial score (nSPS) is 32.0. The molecule has 0 aliphatic carbocycles. The van der Waals surface area contributed by atoms with Crippen molar-refractivity contribution in [2.75, 3.05) is 13.2 Å². The summed E-state index contributed by atoms with van der Waals surface area (Å²) in [6.45, 7) is 4.09. The zero-order valence-corrected chi connectivity index (χ0v) is 22.5. The van der Waals surface area contributed by atoms with Gasteiger partial charge in [-0.25, -0.2) is 0 Å². The zero-order chi connectivity index (χ0) is 29.4. The van der Waals surface area contributed by atoms with Gasteiger partial charge in [0.25, 0.3) is 0 Å². The molecule has 2 aliphatic rings. The maximum absolute atomic E-state index is 11.9. The molecule has 2 heterocycles. The van der Waals surface area contributed by atoms with Crippen LogP contribution in [0.5, 0.6) is 0 Å². The van der Waals surface area contributed by atoms with E-state index in [2.05, 4.69) is 0 Å². The molecule has 0 amide bonds. The van der Waals surface area contributed by atoms with E-state index in [1.165, 1.54) is 0 Å². The standard InChI is InChI=1S/C26H34O14/c1-13(27)35-21-18(11-33-10-17-8-6-5-7-9-17)39-26(23(20(21)31)37-15(3)29)40-19-12-34-25(32)24(38-16(4)30)22(19)36-14(2)28/h5-9,18-26,31-32H,10-12H2,1-4H3/t18-,19-,20+,21-,22+,23+,24-,25-,26-/m1/s1. The Hall–Kier alpha value is -3.14. The molecule has 0 bridgehead atoms. The lowest BCUT2D eigenvalue weighted by Crippen LogP contribution is -2.64. The van der Waals surface area contributed by atoms with Crippen LogP contribution in [0.3, 0.4) is 0 Å². The summed E-state index contributed by atoms with van der Waals surface area (Å²) in [6, 6.07) is 9.20. The first-order valence-corrected chi connectivity index (χ1v) is 12.6. The Balaban J connectivity index is 1.85. The molecular formula is C26H34O14. The average Bonchev–Trinajstić information content (AvgIpc) is 2.87. The van der Waals surface area contributed by atoms with Gasteiger partial charge in [-0.15, -0.1) is 0 Å². The monoisotopic (exact) mass is 570 g/mol. The van der Waals surface area contributed by atoms with Crippen LogP contribution in [0.1, 0.15) is 33.3 Å². The summed E-state index contributed by atoms with van der Waals surface area (Å²) in [4.78, 5) is 47.2. The number of rotatable bonds is 10. The van der Waals surface area contributed by atoms with E-state index in [0.717, 1.165) is 33.3 Å². The predicted molar refractivity (Wildman–Crippen MR) is 130 cm³/mol. The van der Waals surface area contributed by atoms with Crippen molar-refractivity contribution in [2.24, 2.45) is 0 Å². The molecule has 0 spiro atoms. The molecule has 222 valence electrons. The van der Waals surface area contributed by atoms with Crippen LogP contribution in [-0.2, 0) is 63.7 Å². The maximum atomic E-state index is 11.9. The van der Waals surface area contributed by atoms with Crippen molar-refractivity contribution in [3.63, 3.8) is 0 Å². The minimum absolute atomic E-state index is 0.167.